The zero-order valence-electron chi connectivity index (χ0n) is 15.5. The van der Waals surface area contributed by atoms with Crippen molar-refractivity contribution in [3.05, 3.63) is 67.6 Å². The van der Waals surface area contributed by atoms with E-state index in [2.05, 4.69) is 9.97 Å². The van der Waals surface area contributed by atoms with E-state index in [-0.39, 0.29) is 24.6 Å². The highest BCUT2D eigenvalue weighted by Crippen LogP contribution is 2.27. The molecule has 0 atom stereocenters. The van der Waals surface area contributed by atoms with Gasteiger partial charge in [-0.1, -0.05) is 41.7 Å². The van der Waals surface area contributed by atoms with Crippen LogP contribution < -0.4 is 10.3 Å². The van der Waals surface area contributed by atoms with Gasteiger partial charge >= 0.3 is 0 Å². The normalized spacial score (nSPS) is 10.9. The monoisotopic (exact) mass is 453 g/mol. The predicted octanol–water partition coefficient (Wildman–Crippen LogP) is 4.70. The van der Waals surface area contributed by atoms with E-state index in [1.54, 1.807) is 41.3 Å². The molecule has 0 aliphatic carbocycles. The average molecular weight is 455 g/mol. The fourth-order valence-electron chi connectivity index (χ4n) is 2.80. The number of carbonyl (C=O) groups is 1. The first-order valence-corrected chi connectivity index (χ1v) is 10.0. The third kappa shape index (κ3) is 5.41. The van der Waals surface area contributed by atoms with Crippen LogP contribution >= 0.6 is 34.8 Å². The molecule has 0 spiro atoms. The molecular weight excluding hydrogens is 437 g/mol. The van der Waals surface area contributed by atoms with Crippen LogP contribution in [0.4, 0.5) is 0 Å². The summed E-state index contributed by atoms with van der Waals surface area (Å²) < 4.78 is 5.54. The Morgan fingerprint density at radius 3 is 2.59 bits per heavy atom. The smallest absolute Gasteiger partial charge is 0.260 e. The summed E-state index contributed by atoms with van der Waals surface area (Å²) in [6.45, 7) is 2.37. The highest BCUT2D eigenvalue weighted by atomic mass is 35.5. The Labute approximate surface area is 182 Å². The number of fused-ring (bicyclic) bond motifs is 1. The van der Waals surface area contributed by atoms with E-state index in [1.807, 2.05) is 6.92 Å². The predicted molar refractivity (Wildman–Crippen MR) is 115 cm³/mol. The number of aromatic amines is 1. The molecular formula is C20H18Cl3N3O3. The van der Waals surface area contributed by atoms with Crippen molar-refractivity contribution in [1.29, 1.82) is 0 Å². The Morgan fingerprint density at radius 1 is 1.14 bits per heavy atom. The summed E-state index contributed by atoms with van der Waals surface area (Å²) in [6, 6.07) is 9.65. The summed E-state index contributed by atoms with van der Waals surface area (Å²) in [4.78, 5) is 33.7. The van der Waals surface area contributed by atoms with Crippen molar-refractivity contribution in [3.63, 3.8) is 0 Å². The van der Waals surface area contributed by atoms with Crippen LogP contribution in [0, 0.1) is 0 Å². The van der Waals surface area contributed by atoms with Crippen LogP contribution in [0.15, 0.2) is 41.2 Å². The molecule has 0 radical (unpaired) electrons. The molecule has 0 saturated carbocycles. The van der Waals surface area contributed by atoms with Crippen molar-refractivity contribution in [2.24, 2.45) is 0 Å². The van der Waals surface area contributed by atoms with Crippen LogP contribution in [0.5, 0.6) is 5.75 Å². The first-order chi connectivity index (χ1) is 13.9. The van der Waals surface area contributed by atoms with E-state index in [1.165, 1.54) is 0 Å². The van der Waals surface area contributed by atoms with Gasteiger partial charge in [-0.15, -0.1) is 0 Å². The van der Waals surface area contributed by atoms with Crippen molar-refractivity contribution in [1.82, 2.24) is 14.9 Å². The second kappa shape index (κ2) is 9.48. The number of nitrogens with one attached hydrogen (secondary N) is 1. The second-order valence-electron chi connectivity index (χ2n) is 6.35. The zero-order chi connectivity index (χ0) is 21.0. The number of benzene rings is 2. The first kappa shape index (κ1) is 21.4. The van der Waals surface area contributed by atoms with Crippen LogP contribution in [-0.2, 0) is 11.3 Å². The third-order valence-corrected chi connectivity index (χ3v) is 4.92. The number of amides is 1. The topological polar surface area (TPSA) is 75.3 Å². The quantitative estimate of drug-likeness (QED) is 0.561. The minimum Gasteiger partial charge on any atom is -0.482 e. The van der Waals surface area contributed by atoms with Gasteiger partial charge in [-0.3, -0.25) is 9.59 Å². The Balaban J connectivity index is 1.76. The molecule has 0 aliphatic heterocycles. The molecule has 0 unspecified atom stereocenters. The minimum absolute atomic E-state index is 0.141. The molecule has 0 bridgehead atoms. The number of nitrogens with zero attached hydrogens (tertiary/aromatic N) is 2. The zero-order valence-corrected chi connectivity index (χ0v) is 17.8. The SMILES string of the molecule is CCCN(Cc1nc2cc(Cl)ccc2c(=O)[nH]1)C(=O)COc1ccc(Cl)cc1Cl. The molecule has 0 fully saturated rings. The molecule has 1 aromatic heterocycles. The van der Waals surface area contributed by atoms with Gasteiger partial charge in [-0.2, -0.15) is 0 Å². The van der Waals surface area contributed by atoms with E-state index in [4.69, 9.17) is 39.5 Å². The van der Waals surface area contributed by atoms with Crippen LogP contribution in [0.2, 0.25) is 15.1 Å². The lowest BCUT2D eigenvalue weighted by atomic mass is 10.2. The van der Waals surface area contributed by atoms with Crippen molar-refractivity contribution in [2.45, 2.75) is 19.9 Å². The number of rotatable bonds is 7. The van der Waals surface area contributed by atoms with Crippen molar-refractivity contribution >= 4 is 51.6 Å². The van der Waals surface area contributed by atoms with E-state index < -0.39 is 0 Å². The molecule has 1 N–H and O–H groups in total. The number of halogens is 3. The van der Waals surface area contributed by atoms with Gasteiger partial charge in [0.1, 0.15) is 11.6 Å². The average Bonchev–Trinajstić information content (AvgIpc) is 2.66. The highest BCUT2D eigenvalue weighted by Gasteiger charge is 2.17. The fraction of sp³-hybridized carbons (Fsp3) is 0.250. The van der Waals surface area contributed by atoms with Gasteiger partial charge in [-0.05, 0) is 42.8 Å². The molecule has 3 aromatic rings. The molecule has 1 heterocycles. The maximum Gasteiger partial charge on any atom is 0.260 e. The van der Waals surface area contributed by atoms with Crippen molar-refractivity contribution < 1.29 is 9.53 Å². The number of H-pyrrole nitrogens is 1. The number of carbonyl (C=O) groups excluding carboxylic acids is 1. The highest BCUT2D eigenvalue weighted by molar-refractivity contribution is 6.35. The second-order valence-corrected chi connectivity index (χ2v) is 7.63. The Bertz CT molecular complexity index is 1100. The molecule has 2 aromatic carbocycles. The maximum atomic E-state index is 12.7. The first-order valence-electron chi connectivity index (χ1n) is 8.91. The maximum absolute atomic E-state index is 12.7. The number of aromatic nitrogens is 2. The van der Waals surface area contributed by atoms with Gasteiger partial charge in [0.2, 0.25) is 0 Å². The van der Waals surface area contributed by atoms with E-state index >= 15 is 0 Å². The fourth-order valence-corrected chi connectivity index (χ4v) is 3.43. The van der Waals surface area contributed by atoms with Crippen LogP contribution in [0.25, 0.3) is 10.9 Å². The Morgan fingerprint density at radius 2 is 1.86 bits per heavy atom. The van der Waals surface area contributed by atoms with Crippen LogP contribution in [-0.4, -0.2) is 33.9 Å². The molecule has 9 heteroatoms. The summed E-state index contributed by atoms with van der Waals surface area (Å²) in [5.74, 6) is 0.482. The van der Waals surface area contributed by atoms with Gasteiger partial charge in [0.25, 0.3) is 11.5 Å². The van der Waals surface area contributed by atoms with Crippen molar-refractivity contribution in [2.75, 3.05) is 13.2 Å². The van der Waals surface area contributed by atoms with Crippen molar-refractivity contribution in [3.8, 4) is 5.75 Å². The Hall–Kier alpha value is -2.28. The Kier molecular flexibility index (Phi) is 7.00. The summed E-state index contributed by atoms with van der Waals surface area (Å²) in [6.07, 6.45) is 0.733. The van der Waals surface area contributed by atoms with Crippen LogP contribution in [0.1, 0.15) is 19.2 Å². The van der Waals surface area contributed by atoms with E-state index in [9.17, 15) is 9.59 Å². The van der Waals surface area contributed by atoms with Gasteiger partial charge in [0.05, 0.1) is 22.5 Å². The lowest BCUT2D eigenvalue weighted by Gasteiger charge is -2.22. The lowest BCUT2D eigenvalue weighted by Crippen LogP contribution is -2.36. The molecule has 0 aliphatic rings. The number of hydrogen-bond acceptors (Lipinski definition) is 4. The molecule has 3 rings (SSSR count). The third-order valence-electron chi connectivity index (χ3n) is 4.15. The molecule has 29 heavy (non-hydrogen) atoms. The molecule has 152 valence electrons. The van der Waals surface area contributed by atoms with Gasteiger partial charge in [0, 0.05) is 16.6 Å². The molecule has 1 amide bonds. The number of ether oxygens (including phenoxy) is 1. The van der Waals surface area contributed by atoms with Gasteiger partial charge in [0.15, 0.2) is 6.61 Å². The largest absolute Gasteiger partial charge is 0.482 e. The summed E-state index contributed by atoms with van der Waals surface area (Å²) in [7, 11) is 0. The molecule has 0 saturated heterocycles. The summed E-state index contributed by atoms with van der Waals surface area (Å²) in [5, 5.41) is 1.72. The minimum atomic E-state index is -0.283. The molecule has 6 nitrogen and oxygen atoms in total. The van der Waals surface area contributed by atoms with Gasteiger partial charge in [-0.25, -0.2) is 4.98 Å². The van der Waals surface area contributed by atoms with E-state index in [0.717, 1.165) is 6.42 Å². The van der Waals surface area contributed by atoms with Crippen LogP contribution in [0.3, 0.4) is 0 Å². The standard InChI is InChI=1S/C20H18Cl3N3O3/c1-2-7-26(19(27)11-29-17-6-4-12(21)8-15(17)23)10-18-24-16-9-13(22)3-5-14(16)20(28)25-18/h3-6,8-9H,2,7,10-11H2,1H3,(H,24,25,28). The van der Waals surface area contributed by atoms with Gasteiger partial charge < -0.3 is 14.6 Å². The van der Waals surface area contributed by atoms with E-state index in [0.29, 0.717) is 44.1 Å². The summed E-state index contributed by atoms with van der Waals surface area (Å²) in [5.41, 5.74) is 0.194. The summed E-state index contributed by atoms with van der Waals surface area (Å²) >= 11 is 17.9. The number of hydrogen-bond donors (Lipinski definition) is 1. The lowest BCUT2D eigenvalue weighted by molar-refractivity contribution is -0.134.